The smallest absolute Gasteiger partial charge is 0.383 e. The van der Waals surface area contributed by atoms with Crippen LogP contribution >= 0.6 is 0 Å². The first-order chi connectivity index (χ1) is 7.99. The maximum Gasteiger partial charge on any atom is 0.416 e. The van der Waals surface area contributed by atoms with Crippen LogP contribution in [0.25, 0.3) is 0 Å². The molecule has 0 spiro atoms. The highest BCUT2D eigenvalue weighted by molar-refractivity contribution is 5.28. The highest BCUT2D eigenvalue weighted by atomic mass is 19.4. The summed E-state index contributed by atoms with van der Waals surface area (Å²) in [6, 6.07) is 5.10. The first-order valence-electron chi connectivity index (χ1n) is 5.38. The second kappa shape index (κ2) is 6.02. The van der Waals surface area contributed by atoms with Gasteiger partial charge in [-0.2, -0.15) is 13.2 Å². The molecule has 1 atom stereocenters. The lowest BCUT2D eigenvalue weighted by Gasteiger charge is -2.18. The van der Waals surface area contributed by atoms with Crippen LogP contribution in [0.2, 0.25) is 0 Å². The van der Waals surface area contributed by atoms with Crippen molar-refractivity contribution in [3.05, 3.63) is 35.4 Å². The van der Waals surface area contributed by atoms with Crippen molar-refractivity contribution in [3.63, 3.8) is 0 Å². The summed E-state index contributed by atoms with van der Waals surface area (Å²) in [6.45, 7) is 2.91. The number of rotatable bonds is 5. The van der Waals surface area contributed by atoms with Gasteiger partial charge in [-0.3, -0.25) is 0 Å². The van der Waals surface area contributed by atoms with Crippen LogP contribution < -0.4 is 5.32 Å². The molecule has 0 aliphatic carbocycles. The molecule has 1 aromatic carbocycles. The molecule has 0 radical (unpaired) electrons. The Kier molecular flexibility index (Phi) is 4.96. The Balaban J connectivity index is 2.95. The van der Waals surface area contributed by atoms with Crippen LogP contribution in [0.5, 0.6) is 0 Å². The van der Waals surface area contributed by atoms with Gasteiger partial charge in [-0.05, 0) is 24.2 Å². The highest BCUT2D eigenvalue weighted by Crippen LogP contribution is 2.30. The van der Waals surface area contributed by atoms with Gasteiger partial charge in [0.2, 0.25) is 0 Å². The lowest BCUT2D eigenvalue weighted by Crippen LogP contribution is -2.25. The molecular weight excluding hydrogens is 231 g/mol. The van der Waals surface area contributed by atoms with Crippen molar-refractivity contribution < 1.29 is 17.9 Å². The standard InChI is InChI=1S/C12H16F3NO/c1-3-16-11(8-17-2)9-5-4-6-10(7-9)12(13,14)15/h4-7,11,16H,3,8H2,1-2H3. The van der Waals surface area contributed by atoms with E-state index in [1.165, 1.54) is 13.2 Å². The van der Waals surface area contributed by atoms with Crippen LogP contribution in [-0.2, 0) is 10.9 Å². The van der Waals surface area contributed by atoms with Gasteiger partial charge in [0.25, 0.3) is 0 Å². The van der Waals surface area contributed by atoms with Crippen LogP contribution in [0.3, 0.4) is 0 Å². The largest absolute Gasteiger partial charge is 0.416 e. The lowest BCUT2D eigenvalue weighted by molar-refractivity contribution is -0.137. The molecule has 1 unspecified atom stereocenters. The van der Waals surface area contributed by atoms with Crippen LogP contribution in [0.15, 0.2) is 24.3 Å². The summed E-state index contributed by atoms with van der Waals surface area (Å²) in [4.78, 5) is 0. The van der Waals surface area contributed by atoms with E-state index in [-0.39, 0.29) is 6.04 Å². The van der Waals surface area contributed by atoms with Crippen LogP contribution in [0.1, 0.15) is 24.1 Å². The molecule has 0 saturated carbocycles. The monoisotopic (exact) mass is 247 g/mol. The van der Waals surface area contributed by atoms with Gasteiger partial charge in [-0.15, -0.1) is 0 Å². The fraction of sp³-hybridized carbons (Fsp3) is 0.500. The summed E-state index contributed by atoms with van der Waals surface area (Å²) in [5, 5.41) is 3.09. The molecule has 1 aromatic rings. The predicted octanol–water partition coefficient (Wildman–Crippen LogP) is 3.00. The maximum absolute atomic E-state index is 12.6. The van der Waals surface area contributed by atoms with E-state index in [0.29, 0.717) is 18.7 Å². The van der Waals surface area contributed by atoms with Crippen molar-refractivity contribution in [1.29, 1.82) is 0 Å². The third kappa shape index (κ3) is 4.02. The lowest BCUT2D eigenvalue weighted by atomic mass is 10.0. The van der Waals surface area contributed by atoms with Gasteiger partial charge in [-0.25, -0.2) is 0 Å². The zero-order valence-electron chi connectivity index (χ0n) is 9.84. The van der Waals surface area contributed by atoms with E-state index in [2.05, 4.69) is 5.32 Å². The molecule has 0 aliphatic rings. The number of benzene rings is 1. The zero-order valence-corrected chi connectivity index (χ0v) is 9.84. The van der Waals surface area contributed by atoms with E-state index in [9.17, 15) is 13.2 Å². The van der Waals surface area contributed by atoms with Gasteiger partial charge >= 0.3 is 6.18 Å². The summed E-state index contributed by atoms with van der Waals surface area (Å²) in [7, 11) is 1.53. The van der Waals surface area contributed by atoms with Crippen molar-refractivity contribution in [3.8, 4) is 0 Å². The Morgan fingerprint density at radius 1 is 1.35 bits per heavy atom. The minimum Gasteiger partial charge on any atom is -0.383 e. The third-order valence-electron chi connectivity index (χ3n) is 2.40. The van der Waals surface area contributed by atoms with Gasteiger partial charge in [-0.1, -0.05) is 19.1 Å². The maximum atomic E-state index is 12.6. The van der Waals surface area contributed by atoms with Gasteiger partial charge in [0.1, 0.15) is 0 Å². The van der Waals surface area contributed by atoms with Gasteiger partial charge in [0, 0.05) is 7.11 Å². The van der Waals surface area contributed by atoms with Gasteiger partial charge < -0.3 is 10.1 Å². The summed E-state index contributed by atoms with van der Waals surface area (Å²) < 4.78 is 42.6. The Morgan fingerprint density at radius 2 is 2.06 bits per heavy atom. The van der Waals surface area contributed by atoms with E-state index >= 15 is 0 Å². The van der Waals surface area contributed by atoms with Crippen LogP contribution in [-0.4, -0.2) is 20.3 Å². The van der Waals surface area contributed by atoms with Crippen molar-refractivity contribution in [1.82, 2.24) is 5.32 Å². The van der Waals surface area contributed by atoms with E-state index in [1.807, 2.05) is 6.92 Å². The van der Waals surface area contributed by atoms with E-state index in [4.69, 9.17) is 4.74 Å². The third-order valence-corrected chi connectivity index (χ3v) is 2.40. The fourth-order valence-electron chi connectivity index (χ4n) is 1.62. The Morgan fingerprint density at radius 3 is 2.59 bits per heavy atom. The zero-order chi connectivity index (χ0) is 12.9. The molecule has 0 bridgehead atoms. The topological polar surface area (TPSA) is 21.3 Å². The molecule has 0 fully saturated rings. The van der Waals surface area contributed by atoms with Gasteiger partial charge in [0.05, 0.1) is 18.2 Å². The number of ether oxygens (including phenoxy) is 1. The number of nitrogens with one attached hydrogen (secondary N) is 1. The van der Waals surface area contributed by atoms with Crippen molar-refractivity contribution in [2.75, 3.05) is 20.3 Å². The predicted molar refractivity (Wildman–Crippen MR) is 59.7 cm³/mol. The fourth-order valence-corrected chi connectivity index (χ4v) is 1.62. The Hall–Kier alpha value is -1.07. The van der Waals surface area contributed by atoms with E-state index < -0.39 is 11.7 Å². The molecule has 1 rings (SSSR count). The number of hydrogen-bond donors (Lipinski definition) is 1. The molecule has 5 heteroatoms. The molecule has 0 aromatic heterocycles. The molecule has 1 N–H and O–H groups in total. The minimum atomic E-state index is -4.31. The highest BCUT2D eigenvalue weighted by Gasteiger charge is 2.30. The molecule has 0 aliphatic heterocycles. The second-order valence-electron chi connectivity index (χ2n) is 3.69. The van der Waals surface area contributed by atoms with Crippen LogP contribution in [0.4, 0.5) is 13.2 Å². The van der Waals surface area contributed by atoms with E-state index in [1.54, 1.807) is 6.07 Å². The first kappa shape index (κ1) is 14.0. The summed E-state index contributed by atoms with van der Waals surface area (Å²) in [5.74, 6) is 0. The molecular formula is C12H16F3NO. The molecule has 0 saturated heterocycles. The summed E-state index contributed by atoms with van der Waals surface area (Å²) in [6.07, 6.45) is -4.31. The van der Waals surface area contributed by atoms with Crippen molar-refractivity contribution in [2.24, 2.45) is 0 Å². The number of halogens is 3. The normalized spacial score (nSPS) is 13.7. The molecule has 2 nitrogen and oxygen atoms in total. The van der Waals surface area contributed by atoms with E-state index in [0.717, 1.165) is 12.1 Å². The summed E-state index contributed by atoms with van der Waals surface area (Å²) >= 11 is 0. The Bertz CT molecular complexity index is 346. The molecule has 17 heavy (non-hydrogen) atoms. The van der Waals surface area contributed by atoms with Crippen LogP contribution in [0, 0.1) is 0 Å². The van der Waals surface area contributed by atoms with Crippen molar-refractivity contribution >= 4 is 0 Å². The molecule has 96 valence electrons. The number of hydrogen-bond acceptors (Lipinski definition) is 2. The number of alkyl halides is 3. The molecule has 0 heterocycles. The quantitative estimate of drug-likeness (QED) is 0.863. The molecule has 0 amide bonds. The van der Waals surface area contributed by atoms with Gasteiger partial charge in [0.15, 0.2) is 0 Å². The Labute approximate surface area is 98.8 Å². The van der Waals surface area contributed by atoms with Crippen molar-refractivity contribution in [2.45, 2.75) is 19.1 Å². The summed E-state index contributed by atoms with van der Waals surface area (Å²) in [5.41, 5.74) is -0.0440. The minimum absolute atomic E-state index is 0.215. The SMILES string of the molecule is CCNC(COC)c1cccc(C(F)(F)F)c1. The number of likely N-dealkylation sites (N-methyl/N-ethyl adjacent to an activating group) is 1. The first-order valence-corrected chi connectivity index (χ1v) is 5.38. The average Bonchev–Trinajstić information content (AvgIpc) is 2.28. The average molecular weight is 247 g/mol. The number of methoxy groups -OCH3 is 1. The second-order valence-corrected chi connectivity index (χ2v) is 3.69.